The van der Waals surface area contributed by atoms with Crippen LogP contribution in [0.5, 0.6) is 5.88 Å². The molecule has 7 heteroatoms. The van der Waals surface area contributed by atoms with Gasteiger partial charge in [-0.3, -0.25) is 4.79 Å². The molecule has 0 radical (unpaired) electrons. The molecule has 4 heterocycles. The summed E-state index contributed by atoms with van der Waals surface area (Å²) in [6.07, 6.45) is 3.08. The van der Waals surface area contributed by atoms with Crippen LogP contribution in [0.25, 0.3) is 28.1 Å². The largest absolute Gasteiger partial charge is 0.474 e. The first-order valence-corrected chi connectivity index (χ1v) is 8.52. The molecule has 0 unspecified atom stereocenters. The van der Waals surface area contributed by atoms with Gasteiger partial charge in [0.15, 0.2) is 11.4 Å². The molecule has 130 valence electrons. The van der Waals surface area contributed by atoms with E-state index in [0.717, 1.165) is 23.1 Å². The van der Waals surface area contributed by atoms with Gasteiger partial charge < -0.3 is 14.5 Å². The van der Waals surface area contributed by atoms with Gasteiger partial charge >= 0.3 is 0 Å². The number of benzene rings is 1. The number of hydrogen-bond donors (Lipinski definition) is 1. The molecule has 0 saturated carbocycles. The number of rotatable bonds is 4. The quantitative estimate of drug-likeness (QED) is 0.613. The molecule has 1 aliphatic heterocycles. The van der Waals surface area contributed by atoms with E-state index in [9.17, 15) is 4.79 Å². The standard InChI is InChI=1S/C19H16N4O3/c24-18-7-5-13(21-18)11-25-19-8-6-17-20-10-14(23(17)22-19)16-9-12-3-1-2-4-15(12)26-16/h1-4,6,8-10,13H,5,7,11H2,(H,21,24)/t13-/m1/s1. The van der Waals surface area contributed by atoms with Crippen molar-refractivity contribution in [1.29, 1.82) is 0 Å². The van der Waals surface area contributed by atoms with Crippen LogP contribution in [0.15, 0.2) is 53.1 Å². The summed E-state index contributed by atoms with van der Waals surface area (Å²) >= 11 is 0. The first kappa shape index (κ1) is 14.9. The van der Waals surface area contributed by atoms with Gasteiger partial charge in [-0.1, -0.05) is 18.2 Å². The molecule has 0 bridgehead atoms. The fraction of sp³-hybridized carbons (Fsp3) is 0.211. The van der Waals surface area contributed by atoms with Gasteiger partial charge in [0.2, 0.25) is 11.8 Å². The number of fused-ring (bicyclic) bond motifs is 2. The normalized spacial score (nSPS) is 17.1. The van der Waals surface area contributed by atoms with Crippen LogP contribution in [-0.4, -0.2) is 33.2 Å². The van der Waals surface area contributed by atoms with Gasteiger partial charge in [-0.25, -0.2) is 9.50 Å². The van der Waals surface area contributed by atoms with E-state index in [1.807, 2.05) is 36.4 Å². The molecule has 0 aliphatic carbocycles. The SMILES string of the molecule is O=C1CC[C@H](COc2ccc3ncc(-c4cc5ccccc5o4)n3n2)N1. The first-order chi connectivity index (χ1) is 12.8. The number of imidazole rings is 1. The van der Waals surface area contributed by atoms with Gasteiger partial charge in [0.1, 0.15) is 17.9 Å². The molecule has 1 saturated heterocycles. The maximum Gasteiger partial charge on any atom is 0.231 e. The first-order valence-electron chi connectivity index (χ1n) is 8.52. The van der Waals surface area contributed by atoms with Crippen molar-refractivity contribution in [2.75, 3.05) is 6.61 Å². The topological polar surface area (TPSA) is 81.7 Å². The minimum absolute atomic E-state index is 0.0395. The molecule has 1 N–H and O–H groups in total. The lowest BCUT2D eigenvalue weighted by atomic mass is 10.2. The number of nitrogens with one attached hydrogen (secondary N) is 1. The second kappa shape index (κ2) is 5.87. The van der Waals surface area contributed by atoms with Crippen molar-refractivity contribution in [2.45, 2.75) is 18.9 Å². The van der Waals surface area contributed by atoms with Crippen LogP contribution in [0.1, 0.15) is 12.8 Å². The van der Waals surface area contributed by atoms with Crippen molar-refractivity contribution in [3.05, 3.63) is 48.7 Å². The Morgan fingerprint density at radius 1 is 1.27 bits per heavy atom. The van der Waals surface area contributed by atoms with Gasteiger partial charge in [0.05, 0.1) is 12.2 Å². The zero-order chi connectivity index (χ0) is 17.5. The zero-order valence-corrected chi connectivity index (χ0v) is 13.9. The Morgan fingerprint density at radius 2 is 2.19 bits per heavy atom. The number of amides is 1. The summed E-state index contributed by atoms with van der Waals surface area (Å²) in [6, 6.07) is 13.5. The average molecular weight is 348 g/mol. The van der Waals surface area contributed by atoms with Crippen LogP contribution < -0.4 is 10.1 Å². The van der Waals surface area contributed by atoms with Crippen LogP contribution >= 0.6 is 0 Å². The summed E-state index contributed by atoms with van der Waals surface area (Å²) in [5, 5.41) is 8.43. The lowest BCUT2D eigenvalue weighted by Gasteiger charge is -2.11. The fourth-order valence-corrected chi connectivity index (χ4v) is 3.20. The van der Waals surface area contributed by atoms with Gasteiger partial charge in [0, 0.05) is 17.9 Å². The molecule has 1 fully saturated rings. The molecule has 3 aromatic heterocycles. The van der Waals surface area contributed by atoms with Gasteiger partial charge in [0.25, 0.3) is 0 Å². The number of para-hydroxylation sites is 1. The highest BCUT2D eigenvalue weighted by atomic mass is 16.5. The lowest BCUT2D eigenvalue weighted by molar-refractivity contribution is -0.119. The predicted octanol–water partition coefficient (Wildman–Crippen LogP) is 2.80. The predicted molar refractivity (Wildman–Crippen MR) is 94.9 cm³/mol. The second-order valence-corrected chi connectivity index (χ2v) is 6.35. The molecule has 4 aromatic rings. The Bertz CT molecular complexity index is 1080. The van der Waals surface area contributed by atoms with Gasteiger partial charge in [-0.15, -0.1) is 5.10 Å². The maximum atomic E-state index is 11.3. The number of furan rings is 1. The Hall–Kier alpha value is -3.35. The minimum atomic E-state index is 0.0395. The molecule has 0 spiro atoms. The van der Waals surface area contributed by atoms with E-state index in [2.05, 4.69) is 15.4 Å². The molecule has 1 aliphatic rings. The summed E-state index contributed by atoms with van der Waals surface area (Å²) < 4.78 is 13.4. The van der Waals surface area contributed by atoms with Crippen molar-refractivity contribution in [1.82, 2.24) is 19.9 Å². The van der Waals surface area contributed by atoms with Crippen LogP contribution in [0.4, 0.5) is 0 Å². The summed E-state index contributed by atoms with van der Waals surface area (Å²) in [5.41, 5.74) is 2.29. The molecule has 26 heavy (non-hydrogen) atoms. The zero-order valence-electron chi connectivity index (χ0n) is 13.9. The highest BCUT2D eigenvalue weighted by Gasteiger charge is 2.21. The smallest absolute Gasteiger partial charge is 0.231 e. The Morgan fingerprint density at radius 3 is 3.04 bits per heavy atom. The van der Waals surface area contributed by atoms with E-state index in [1.54, 1.807) is 16.8 Å². The third-order valence-corrected chi connectivity index (χ3v) is 4.53. The van der Waals surface area contributed by atoms with Crippen LogP contribution in [-0.2, 0) is 4.79 Å². The number of carbonyl (C=O) groups excluding carboxylic acids is 1. The third kappa shape index (κ3) is 2.57. The highest BCUT2D eigenvalue weighted by molar-refractivity contribution is 5.82. The number of carbonyl (C=O) groups is 1. The lowest BCUT2D eigenvalue weighted by Crippen LogP contribution is -2.31. The summed E-state index contributed by atoms with van der Waals surface area (Å²) in [6.45, 7) is 0.402. The average Bonchev–Trinajstić information content (AvgIpc) is 3.36. The Balaban J connectivity index is 1.46. The number of ether oxygens (including phenoxy) is 1. The maximum absolute atomic E-state index is 11.3. The minimum Gasteiger partial charge on any atom is -0.474 e. The van der Waals surface area contributed by atoms with Crippen LogP contribution in [0.2, 0.25) is 0 Å². The second-order valence-electron chi connectivity index (χ2n) is 6.35. The van der Waals surface area contributed by atoms with E-state index >= 15 is 0 Å². The molecule has 1 atom stereocenters. The van der Waals surface area contributed by atoms with E-state index in [1.165, 1.54) is 0 Å². The van der Waals surface area contributed by atoms with E-state index < -0.39 is 0 Å². The van der Waals surface area contributed by atoms with Gasteiger partial charge in [-0.05, 0) is 24.6 Å². The molecule has 1 aromatic carbocycles. The summed E-state index contributed by atoms with van der Waals surface area (Å²) in [5.74, 6) is 1.25. The molecule has 1 amide bonds. The van der Waals surface area contributed by atoms with Crippen molar-refractivity contribution in [2.24, 2.45) is 0 Å². The van der Waals surface area contributed by atoms with Crippen LogP contribution in [0, 0.1) is 0 Å². The summed E-state index contributed by atoms with van der Waals surface area (Å²) in [4.78, 5) is 15.7. The monoisotopic (exact) mass is 348 g/mol. The molecular weight excluding hydrogens is 332 g/mol. The number of aromatic nitrogens is 3. The van der Waals surface area contributed by atoms with Gasteiger partial charge in [-0.2, -0.15) is 0 Å². The molecule has 5 rings (SSSR count). The van der Waals surface area contributed by atoms with Crippen molar-refractivity contribution in [3.8, 4) is 17.3 Å². The molecule has 7 nitrogen and oxygen atoms in total. The summed E-state index contributed by atoms with van der Waals surface area (Å²) in [7, 11) is 0. The van der Waals surface area contributed by atoms with E-state index in [0.29, 0.717) is 30.3 Å². The van der Waals surface area contributed by atoms with E-state index in [-0.39, 0.29) is 11.9 Å². The third-order valence-electron chi connectivity index (χ3n) is 4.53. The number of hydrogen-bond acceptors (Lipinski definition) is 5. The van der Waals surface area contributed by atoms with Crippen molar-refractivity contribution >= 4 is 22.5 Å². The Labute approximate surface area is 148 Å². The highest BCUT2D eigenvalue weighted by Crippen LogP contribution is 2.28. The fourth-order valence-electron chi connectivity index (χ4n) is 3.20. The van der Waals surface area contributed by atoms with E-state index in [4.69, 9.17) is 9.15 Å². The Kier molecular flexibility index (Phi) is 3.38. The molecular formula is C19H16N4O3. The van der Waals surface area contributed by atoms with Crippen LogP contribution in [0.3, 0.4) is 0 Å². The number of nitrogens with zero attached hydrogens (tertiary/aromatic N) is 3. The van der Waals surface area contributed by atoms with Crippen molar-refractivity contribution < 1.29 is 13.9 Å². The van der Waals surface area contributed by atoms with Crippen molar-refractivity contribution in [3.63, 3.8) is 0 Å².